The van der Waals surface area contributed by atoms with Gasteiger partial charge in [0.1, 0.15) is 6.04 Å². The van der Waals surface area contributed by atoms with Crippen LogP contribution in [0.4, 0.5) is 5.69 Å². The molecule has 0 bridgehead atoms. The Bertz CT molecular complexity index is 760. The second kappa shape index (κ2) is 7.27. The van der Waals surface area contributed by atoms with E-state index in [0.29, 0.717) is 18.0 Å². The molecule has 1 unspecified atom stereocenters. The van der Waals surface area contributed by atoms with Gasteiger partial charge in [0.05, 0.1) is 0 Å². The maximum absolute atomic E-state index is 12.4. The van der Waals surface area contributed by atoms with E-state index in [1.807, 2.05) is 6.07 Å². The summed E-state index contributed by atoms with van der Waals surface area (Å²) in [4.78, 5) is 30.1. The van der Waals surface area contributed by atoms with Gasteiger partial charge in [-0.15, -0.1) is 0 Å². The molecular weight excluding hydrogens is 326 g/mol. The van der Waals surface area contributed by atoms with E-state index in [9.17, 15) is 9.59 Å². The summed E-state index contributed by atoms with van der Waals surface area (Å²) >= 11 is 5.87. The largest absolute Gasteiger partial charge is 0.341 e. The number of aromatic nitrogens is 1. The van der Waals surface area contributed by atoms with Gasteiger partial charge in [0.2, 0.25) is 11.8 Å². The number of nitrogens with one attached hydrogen (secondary N) is 1. The molecule has 1 aromatic heterocycles. The SMILES string of the molecule is O=C(/C=C/c1cccnc1)NC1CCN(c2ccc(Cl)cc2)C1=O. The van der Waals surface area contributed by atoms with E-state index in [1.54, 1.807) is 53.7 Å². The summed E-state index contributed by atoms with van der Waals surface area (Å²) in [7, 11) is 0. The Hall–Kier alpha value is -2.66. The molecule has 122 valence electrons. The first kappa shape index (κ1) is 16.2. The fourth-order valence-electron chi connectivity index (χ4n) is 2.56. The van der Waals surface area contributed by atoms with E-state index < -0.39 is 6.04 Å². The molecule has 0 radical (unpaired) electrons. The lowest BCUT2D eigenvalue weighted by atomic mass is 10.2. The van der Waals surface area contributed by atoms with Gasteiger partial charge < -0.3 is 10.2 Å². The van der Waals surface area contributed by atoms with Crippen LogP contribution in [0.1, 0.15) is 12.0 Å². The molecule has 2 amide bonds. The van der Waals surface area contributed by atoms with Crippen molar-refractivity contribution in [2.75, 3.05) is 11.4 Å². The third-order valence-electron chi connectivity index (χ3n) is 3.77. The van der Waals surface area contributed by atoms with Gasteiger partial charge in [-0.3, -0.25) is 14.6 Å². The average molecular weight is 342 g/mol. The van der Waals surface area contributed by atoms with Crippen LogP contribution in [0, 0.1) is 0 Å². The van der Waals surface area contributed by atoms with Gasteiger partial charge in [-0.25, -0.2) is 0 Å². The van der Waals surface area contributed by atoms with Crippen LogP contribution < -0.4 is 10.2 Å². The smallest absolute Gasteiger partial charge is 0.249 e. The van der Waals surface area contributed by atoms with Crippen LogP contribution in [-0.2, 0) is 9.59 Å². The first-order valence-electron chi connectivity index (χ1n) is 7.59. The lowest BCUT2D eigenvalue weighted by molar-refractivity contribution is -0.123. The third kappa shape index (κ3) is 3.81. The number of anilines is 1. The van der Waals surface area contributed by atoms with Gasteiger partial charge >= 0.3 is 0 Å². The van der Waals surface area contributed by atoms with Crippen molar-refractivity contribution in [3.63, 3.8) is 0 Å². The molecule has 0 saturated carbocycles. The summed E-state index contributed by atoms with van der Waals surface area (Å²) in [6.07, 6.45) is 6.98. The molecule has 1 aromatic carbocycles. The number of nitrogens with zero attached hydrogens (tertiary/aromatic N) is 2. The van der Waals surface area contributed by atoms with Crippen molar-refractivity contribution >= 4 is 35.2 Å². The molecule has 1 fully saturated rings. The minimum atomic E-state index is -0.508. The predicted molar refractivity (Wildman–Crippen MR) is 93.6 cm³/mol. The molecule has 6 heteroatoms. The monoisotopic (exact) mass is 341 g/mol. The molecule has 2 heterocycles. The molecule has 0 aliphatic carbocycles. The molecule has 2 aromatic rings. The summed E-state index contributed by atoms with van der Waals surface area (Å²) in [5.74, 6) is -0.407. The summed E-state index contributed by atoms with van der Waals surface area (Å²) in [6, 6.07) is 10.2. The number of hydrogen-bond acceptors (Lipinski definition) is 3. The highest BCUT2D eigenvalue weighted by atomic mass is 35.5. The van der Waals surface area contributed by atoms with E-state index in [1.165, 1.54) is 6.08 Å². The Morgan fingerprint density at radius 1 is 1.29 bits per heavy atom. The van der Waals surface area contributed by atoms with Crippen molar-refractivity contribution in [3.8, 4) is 0 Å². The summed E-state index contributed by atoms with van der Waals surface area (Å²) in [5, 5.41) is 3.37. The number of carbonyl (C=O) groups is 2. The second-order valence-electron chi connectivity index (χ2n) is 5.44. The number of halogens is 1. The van der Waals surface area contributed by atoms with Crippen molar-refractivity contribution in [2.24, 2.45) is 0 Å². The number of pyridine rings is 1. The maximum atomic E-state index is 12.4. The summed E-state index contributed by atoms with van der Waals surface area (Å²) in [5.41, 5.74) is 1.61. The Kier molecular flexibility index (Phi) is 4.91. The fraction of sp³-hybridized carbons (Fsp3) is 0.167. The lowest BCUT2D eigenvalue weighted by Gasteiger charge is -2.17. The molecule has 3 rings (SSSR count). The zero-order chi connectivity index (χ0) is 16.9. The van der Waals surface area contributed by atoms with Crippen LogP contribution in [0.2, 0.25) is 5.02 Å². The topological polar surface area (TPSA) is 62.3 Å². The number of amides is 2. The van der Waals surface area contributed by atoms with E-state index in [-0.39, 0.29) is 11.8 Å². The molecule has 5 nitrogen and oxygen atoms in total. The molecule has 1 aliphatic heterocycles. The second-order valence-corrected chi connectivity index (χ2v) is 5.87. The number of hydrogen-bond donors (Lipinski definition) is 1. The van der Waals surface area contributed by atoms with Crippen molar-refractivity contribution in [1.29, 1.82) is 0 Å². The van der Waals surface area contributed by atoms with Gasteiger partial charge in [-0.05, 0) is 48.4 Å². The molecule has 1 saturated heterocycles. The Morgan fingerprint density at radius 2 is 2.08 bits per heavy atom. The van der Waals surface area contributed by atoms with Crippen LogP contribution in [0.25, 0.3) is 6.08 Å². The van der Waals surface area contributed by atoms with Crippen molar-refractivity contribution in [2.45, 2.75) is 12.5 Å². The highest BCUT2D eigenvalue weighted by Crippen LogP contribution is 2.23. The van der Waals surface area contributed by atoms with Crippen LogP contribution in [0.15, 0.2) is 54.9 Å². The maximum Gasteiger partial charge on any atom is 0.249 e. The lowest BCUT2D eigenvalue weighted by Crippen LogP contribution is -2.40. The predicted octanol–water partition coefficient (Wildman–Crippen LogP) is 2.67. The number of benzene rings is 1. The minimum Gasteiger partial charge on any atom is -0.341 e. The summed E-state index contributed by atoms with van der Waals surface area (Å²) < 4.78 is 0. The van der Waals surface area contributed by atoms with Gasteiger partial charge in [0, 0.05) is 35.7 Å². The zero-order valence-corrected chi connectivity index (χ0v) is 13.6. The van der Waals surface area contributed by atoms with Crippen molar-refractivity contribution < 1.29 is 9.59 Å². The minimum absolute atomic E-state index is 0.111. The molecule has 1 N–H and O–H groups in total. The Morgan fingerprint density at radius 3 is 2.79 bits per heavy atom. The third-order valence-corrected chi connectivity index (χ3v) is 4.02. The zero-order valence-electron chi connectivity index (χ0n) is 12.9. The van der Waals surface area contributed by atoms with E-state index in [0.717, 1.165) is 11.3 Å². The molecular formula is C18H16ClN3O2. The van der Waals surface area contributed by atoms with Gasteiger partial charge in [-0.2, -0.15) is 0 Å². The van der Waals surface area contributed by atoms with Crippen LogP contribution in [0.5, 0.6) is 0 Å². The normalized spacial score (nSPS) is 17.5. The van der Waals surface area contributed by atoms with Crippen LogP contribution >= 0.6 is 11.6 Å². The first-order valence-corrected chi connectivity index (χ1v) is 7.97. The Balaban J connectivity index is 1.60. The van der Waals surface area contributed by atoms with E-state index in [2.05, 4.69) is 10.3 Å². The Labute approximate surface area is 145 Å². The fourth-order valence-corrected chi connectivity index (χ4v) is 2.68. The average Bonchev–Trinajstić information content (AvgIpc) is 2.95. The first-order chi connectivity index (χ1) is 11.6. The number of carbonyl (C=O) groups excluding carboxylic acids is 2. The number of rotatable bonds is 4. The highest BCUT2D eigenvalue weighted by Gasteiger charge is 2.33. The molecule has 1 aliphatic rings. The highest BCUT2D eigenvalue weighted by molar-refractivity contribution is 6.30. The van der Waals surface area contributed by atoms with Crippen molar-refractivity contribution in [1.82, 2.24) is 10.3 Å². The van der Waals surface area contributed by atoms with E-state index in [4.69, 9.17) is 11.6 Å². The molecule has 24 heavy (non-hydrogen) atoms. The van der Waals surface area contributed by atoms with Gasteiger partial charge in [0.15, 0.2) is 0 Å². The van der Waals surface area contributed by atoms with Crippen LogP contribution in [-0.4, -0.2) is 29.4 Å². The van der Waals surface area contributed by atoms with Crippen LogP contribution in [0.3, 0.4) is 0 Å². The van der Waals surface area contributed by atoms with Gasteiger partial charge in [-0.1, -0.05) is 17.7 Å². The van der Waals surface area contributed by atoms with E-state index >= 15 is 0 Å². The quantitative estimate of drug-likeness (QED) is 0.870. The summed E-state index contributed by atoms with van der Waals surface area (Å²) in [6.45, 7) is 0.567. The molecule has 0 spiro atoms. The standard InChI is InChI=1S/C18H16ClN3O2/c19-14-4-6-15(7-5-14)22-11-9-16(18(22)24)21-17(23)8-3-13-2-1-10-20-12-13/h1-8,10,12,16H,9,11H2,(H,21,23)/b8-3+. The van der Waals surface area contributed by atoms with Crippen molar-refractivity contribution in [3.05, 3.63) is 65.5 Å². The van der Waals surface area contributed by atoms with Gasteiger partial charge in [0.25, 0.3) is 0 Å². The molecule has 1 atom stereocenters.